The van der Waals surface area contributed by atoms with Crippen molar-refractivity contribution < 1.29 is 19.4 Å². The molecule has 1 saturated carbocycles. The first kappa shape index (κ1) is 11.2. The van der Waals surface area contributed by atoms with Crippen LogP contribution in [0.15, 0.2) is 23.7 Å². The minimum absolute atomic E-state index is 0.119. The summed E-state index contributed by atoms with van der Waals surface area (Å²) in [5.74, 6) is 0.117. The summed E-state index contributed by atoms with van der Waals surface area (Å²) in [7, 11) is 2.83. The highest BCUT2D eigenvalue weighted by Gasteiger charge is 2.67. The first-order valence-corrected chi connectivity index (χ1v) is 5.21. The first-order chi connectivity index (χ1) is 7.43. The maximum atomic E-state index is 12.2. The van der Waals surface area contributed by atoms with Crippen molar-refractivity contribution in [3.8, 4) is 0 Å². The topological polar surface area (TPSA) is 55.8 Å². The standard InChI is InChI=1S/C12H16O4/c1-7-5-6-11(2)9(13)8(15-3)10(16-4)12(7,11)14/h14H,1,5-6H2,2-4H3/t11-,12-/m1/s1. The number of allylic oxidation sites excluding steroid dienone is 1. The Kier molecular flexibility index (Phi) is 2.17. The molecule has 0 aromatic heterocycles. The Morgan fingerprint density at radius 3 is 2.50 bits per heavy atom. The van der Waals surface area contributed by atoms with Crippen LogP contribution in [0.25, 0.3) is 0 Å². The minimum atomic E-state index is -1.40. The zero-order valence-electron chi connectivity index (χ0n) is 9.79. The van der Waals surface area contributed by atoms with Crippen LogP contribution in [0, 0.1) is 5.41 Å². The SMILES string of the molecule is C=C1CC[C@]2(C)C(=O)C(OC)=C(OC)[C@]12O. The molecule has 0 spiro atoms. The Balaban J connectivity index is 2.67. The Morgan fingerprint density at radius 2 is 2.00 bits per heavy atom. The number of ketones is 1. The number of methoxy groups -OCH3 is 2. The second-order valence-corrected chi connectivity index (χ2v) is 4.54. The van der Waals surface area contributed by atoms with Crippen LogP contribution in [-0.2, 0) is 14.3 Å². The summed E-state index contributed by atoms with van der Waals surface area (Å²) in [5, 5.41) is 10.7. The summed E-state index contributed by atoms with van der Waals surface area (Å²) >= 11 is 0. The van der Waals surface area contributed by atoms with E-state index in [9.17, 15) is 9.90 Å². The van der Waals surface area contributed by atoms with E-state index in [0.717, 1.165) is 0 Å². The van der Waals surface area contributed by atoms with Gasteiger partial charge in [0, 0.05) is 0 Å². The first-order valence-electron chi connectivity index (χ1n) is 5.21. The van der Waals surface area contributed by atoms with E-state index in [1.165, 1.54) is 14.2 Å². The van der Waals surface area contributed by atoms with Gasteiger partial charge < -0.3 is 14.6 Å². The van der Waals surface area contributed by atoms with E-state index < -0.39 is 11.0 Å². The van der Waals surface area contributed by atoms with Gasteiger partial charge >= 0.3 is 0 Å². The quantitative estimate of drug-likeness (QED) is 0.715. The molecule has 88 valence electrons. The van der Waals surface area contributed by atoms with Crippen LogP contribution in [0.2, 0.25) is 0 Å². The molecule has 16 heavy (non-hydrogen) atoms. The monoisotopic (exact) mass is 224 g/mol. The summed E-state index contributed by atoms with van der Waals surface area (Å²) in [6, 6.07) is 0. The molecule has 1 N–H and O–H groups in total. The Labute approximate surface area is 94.5 Å². The highest BCUT2D eigenvalue weighted by molar-refractivity contribution is 6.04. The van der Waals surface area contributed by atoms with Gasteiger partial charge in [0.2, 0.25) is 11.5 Å². The second-order valence-electron chi connectivity index (χ2n) is 4.54. The van der Waals surface area contributed by atoms with E-state index in [0.29, 0.717) is 18.4 Å². The van der Waals surface area contributed by atoms with E-state index >= 15 is 0 Å². The van der Waals surface area contributed by atoms with Crippen molar-refractivity contribution in [2.75, 3.05) is 14.2 Å². The largest absolute Gasteiger partial charge is 0.494 e. The average molecular weight is 224 g/mol. The van der Waals surface area contributed by atoms with Gasteiger partial charge in [-0.3, -0.25) is 4.79 Å². The maximum Gasteiger partial charge on any atom is 0.210 e. The van der Waals surface area contributed by atoms with E-state index in [2.05, 4.69) is 6.58 Å². The van der Waals surface area contributed by atoms with Gasteiger partial charge in [0.05, 0.1) is 19.6 Å². The number of Topliss-reactive ketones (excluding diaryl/α,β-unsaturated/α-hetero) is 1. The molecule has 1 fully saturated rings. The molecule has 4 nitrogen and oxygen atoms in total. The number of fused-ring (bicyclic) bond motifs is 1. The van der Waals surface area contributed by atoms with E-state index in [1.54, 1.807) is 6.92 Å². The van der Waals surface area contributed by atoms with Gasteiger partial charge in [-0.2, -0.15) is 0 Å². The Morgan fingerprint density at radius 1 is 1.38 bits per heavy atom. The molecule has 2 aliphatic carbocycles. The Hall–Kier alpha value is -1.29. The summed E-state index contributed by atoms with van der Waals surface area (Å²) < 4.78 is 10.2. The van der Waals surface area contributed by atoms with Crippen LogP contribution in [0.4, 0.5) is 0 Å². The number of hydrogen-bond acceptors (Lipinski definition) is 4. The molecule has 0 aliphatic heterocycles. The van der Waals surface area contributed by atoms with Gasteiger partial charge in [-0.15, -0.1) is 0 Å². The van der Waals surface area contributed by atoms with Crippen molar-refractivity contribution in [2.24, 2.45) is 5.41 Å². The lowest BCUT2D eigenvalue weighted by Gasteiger charge is -2.32. The molecule has 0 bridgehead atoms. The predicted octanol–water partition coefficient (Wildman–Crippen LogP) is 1.16. The third-order valence-electron chi connectivity index (χ3n) is 3.89. The maximum absolute atomic E-state index is 12.2. The van der Waals surface area contributed by atoms with Gasteiger partial charge in [-0.1, -0.05) is 6.58 Å². The molecule has 0 saturated heterocycles. The molecule has 4 heteroatoms. The van der Waals surface area contributed by atoms with Crippen LogP contribution in [-0.4, -0.2) is 30.7 Å². The van der Waals surface area contributed by atoms with Crippen molar-refractivity contribution in [2.45, 2.75) is 25.4 Å². The lowest BCUT2D eigenvalue weighted by molar-refractivity contribution is -0.131. The van der Waals surface area contributed by atoms with Crippen molar-refractivity contribution >= 4 is 5.78 Å². The summed E-state index contributed by atoms with van der Waals surface area (Å²) in [5.41, 5.74) is -1.67. The van der Waals surface area contributed by atoms with Gasteiger partial charge in [-0.25, -0.2) is 0 Å². The van der Waals surface area contributed by atoms with Crippen LogP contribution in [0.3, 0.4) is 0 Å². The van der Waals surface area contributed by atoms with Gasteiger partial charge in [0.25, 0.3) is 0 Å². The molecule has 0 amide bonds. The fourth-order valence-corrected chi connectivity index (χ4v) is 2.79. The number of rotatable bonds is 2. The second kappa shape index (κ2) is 3.10. The normalized spacial score (nSPS) is 38.0. The average Bonchev–Trinajstić information content (AvgIpc) is 2.59. The summed E-state index contributed by atoms with van der Waals surface area (Å²) in [6.45, 7) is 5.58. The molecule has 0 heterocycles. The highest BCUT2D eigenvalue weighted by atomic mass is 16.5. The smallest absolute Gasteiger partial charge is 0.210 e. The van der Waals surface area contributed by atoms with E-state index in [4.69, 9.17) is 9.47 Å². The predicted molar refractivity (Wildman–Crippen MR) is 57.5 cm³/mol. The number of carbonyl (C=O) groups is 1. The molecule has 0 radical (unpaired) electrons. The minimum Gasteiger partial charge on any atom is -0.494 e. The summed E-state index contributed by atoms with van der Waals surface area (Å²) in [6.07, 6.45) is 1.20. The lowest BCUT2D eigenvalue weighted by atomic mass is 9.76. The number of ether oxygens (including phenoxy) is 2. The van der Waals surface area contributed by atoms with Gasteiger partial charge in [0.15, 0.2) is 11.4 Å². The molecular weight excluding hydrogens is 208 g/mol. The third kappa shape index (κ3) is 0.912. The zero-order valence-corrected chi connectivity index (χ0v) is 9.79. The van der Waals surface area contributed by atoms with E-state index in [1.807, 2.05) is 0 Å². The van der Waals surface area contributed by atoms with Crippen LogP contribution in [0.1, 0.15) is 19.8 Å². The fourth-order valence-electron chi connectivity index (χ4n) is 2.79. The number of aliphatic hydroxyl groups is 1. The van der Waals surface area contributed by atoms with Crippen molar-refractivity contribution in [3.63, 3.8) is 0 Å². The third-order valence-corrected chi connectivity index (χ3v) is 3.89. The molecule has 0 aromatic rings. The molecular formula is C12H16O4. The highest BCUT2D eigenvalue weighted by Crippen LogP contribution is 2.59. The molecule has 0 unspecified atom stereocenters. The van der Waals surface area contributed by atoms with Gasteiger partial charge in [0.1, 0.15) is 0 Å². The molecule has 2 atom stereocenters. The fraction of sp³-hybridized carbons (Fsp3) is 0.583. The van der Waals surface area contributed by atoms with Crippen LogP contribution >= 0.6 is 0 Å². The zero-order chi connectivity index (χ0) is 12.1. The van der Waals surface area contributed by atoms with Crippen LogP contribution in [0.5, 0.6) is 0 Å². The van der Waals surface area contributed by atoms with Crippen LogP contribution < -0.4 is 0 Å². The molecule has 2 rings (SSSR count). The van der Waals surface area contributed by atoms with Crippen molar-refractivity contribution in [1.82, 2.24) is 0 Å². The van der Waals surface area contributed by atoms with E-state index in [-0.39, 0.29) is 17.3 Å². The molecule has 2 aliphatic rings. The lowest BCUT2D eigenvalue weighted by Crippen LogP contribution is -2.44. The van der Waals surface area contributed by atoms with Crippen molar-refractivity contribution in [1.29, 1.82) is 0 Å². The van der Waals surface area contributed by atoms with Gasteiger partial charge in [-0.05, 0) is 25.3 Å². The van der Waals surface area contributed by atoms with Crippen molar-refractivity contribution in [3.05, 3.63) is 23.7 Å². The number of carbonyl (C=O) groups excluding carboxylic acids is 1. The molecule has 0 aromatic carbocycles. The Bertz CT molecular complexity index is 409. The summed E-state index contributed by atoms with van der Waals surface area (Å²) in [4.78, 5) is 12.2. The number of hydrogen-bond donors (Lipinski definition) is 1.